The van der Waals surface area contributed by atoms with E-state index in [9.17, 15) is 4.79 Å². The number of benzene rings is 3. The molecule has 0 saturated carbocycles. The highest BCUT2D eigenvalue weighted by molar-refractivity contribution is 5.97. The van der Waals surface area contributed by atoms with E-state index >= 15 is 0 Å². The Morgan fingerprint density at radius 1 is 0.865 bits per heavy atom. The molecule has 1 amide bonds. The Kier molecular flexibility index (Phi) is 7.11. The summed E-state index contributed by atoms with van der Waals surface area (Å²) in [6.45, 7) is 6.23. The van der Waals surface area contributed by atoms with Crippen molar-refractivity contribution in [2.45, 2.75) is 25.2 Å². The Bertz CT molecular complexity index is 1370. The van der Waals surface area contributed by atoms with Crippen molar-refractivity contribution in [1.29, 1.82) is 0 Å². The molecule has 0 radical (unpaired) electrons. The van der Waals surface area contributed by atoms with E-state index in [-0.39, 0.29) is 5.91 Å². The summed E-state index contributed by atoms with van der Waals surface area (Å²) in [6.07, 6.45) is 3.35. The van der Waals surface area contributed by atoms with Crippen LogP contribution in [-0.2, 0) is 4.74 Å². The summed E-state index contributed by atoms with van der Waals surface area (Å²) in [4.78, 5) is 17.1. The van der Waals surface area contributed by atoms with Crippen LogP contribution in [0.3, 0.4) is 0 Å². The lowest BCUT2D eigenvalue weighted by molar-refractivity contribution is 0.0284. The van der Waals surface area contributed by atoms with Crippen LogP contribution in [0.1, 0.15) is 41.3 Å². The number of nitrogens with zero attached hydrogens (tertiary/aromatic N) is 2. The third-order valence-corrected chi connectivity index (χ3v) is 7.73. The maximum absolute atomic E-state index is 12.8. The van der Waals surface area contributed by atoms with Crippen LogP contribution in [0.5, 0.6) is 5.75 Å². The number of para-hydroxylation sites is 1. The van der Waals surface area contributed by atoms with Gasteiger partial charge in [0.25, 0.3) is 5.91 Å². The number of ether oxygens (including phenoxy) is 2. The predicted molar refractivity (Wildman–Crippen MR) is 145 cm³/mol. The third kappa shape index (κ3) is 5.36. The molecule has 2 fully saturated rings. The van der Waals surface area contributed by atoms with Crippen LogP contribution >= 0.6 is 0 Å². The normalized spacial score (nSPS) is 17.5. The van der Waals surface area contributed by atoms with Gasteiger partial charge in [0.15, 0.2) is 17.1 Å². The Hall–Kier alpha value is -3.35. The first-order valence-electron chi connectivity index (χ1n) is 13.5. The zero-order chi connectivity index (χ0) is 25.0. The second kappa shape index (κ2) is 11.0. The highest BCUT2D eigenvalue weighted by atomic mass is 16.5. The van der Waals surface area contributed by atoms with Crippen molar-refractivity contribution in [1.82, 2.24) is 9.80 Å². The fourth-order valence-electron chi connectivity index (χ4n) is 5.60. The number of furan rings is 1. The maximum atomic E-state index is 12.8. The van der Waals surface area contributed by atoms with E-state index < -0.39 is 0 Å². The predicted octanol–water partition coefficient (Wildman–Crippen LogP) is 5.71. The number of hydrogen-bond acceptors (Lipinski definition) is 5. The summed E-state index contributed by atoms with van der Waals surface area (Å²) in [5.41, 5.74) is 2.12. The van der Waals surface area contributed by atoms with Crippen LogP contribution in [0.4, 0.5) is 0 Å². The van der Waals surface area contributed by atoms with Gasteiger partial charge in [0, 0.05) is 25.0 Å². The first kappa shape index (κ1) is 24.0. The molecule has 3 aromatic carbocycles. The summed E-state index contributed by atoms with van der Waals surface area (Å²) >= 11 is 0. The zero-order valence-corrected chi connectivity index (χ0v) is 21.2. The Morgan fingerprint density at radius 2 is 1.65 bits per heavy atom. The van der Waals surface area contributed by atoms with Crippen molar-refractivity contribution in [2.24, 2.45) is 0 Å². The van der Waals surface area contributed by atoms with Gasteiger partial charge < -0.3 is 23.7 Å². The molecule has 4 aromatic rings. The number of likely N-dealkylation sites (tertiary alicyclic amines) is 1. The van der Waals surface area contributed by atoms with Crippen molar-refractivity contribution in [2.75, 3.05) is 52.5 Å². The van der Waals surface area contributed by atoms with Crippen molar-refractivity contribution >= 4 is 27.6 Å². The fraction of sp³-hybridized carbons (Fsp3) is 0.387. The van der Waals surface area contributed by atoms with Gasteiger partial charge in [-0.2, -0.15) is 0 Å². The van der Waals surface area contributed by atoms with Crippen molar-refractivity contribution < 1.29 is 18.7 Å². The molecule has 192 valence electrons. The molecule has 2 aliphatic heterocycles. The summed E-state index contributed by atoms with van der Waals surface area (Å²) in [5, 5.41) is 3.54. The molecule has 0 bridgehead atoms. The van der Waals surface area contributed by atoms with Gasteiger partial charge in [-0.3, -0.25) is 4.79 Å². The van der Waals surface area contributed by atoms with E-state index in [1.54, 1.807) is 4.90 Å². The van der Waals surface area contributed by atoms with E-state index in [1.165, 1.54) is 29.2 Å². The van der Waals surface area contributed by atoms with Gasteiger partial charge in [-0.15, -0.1) is 0 Å². The zero-order valence-electron chi connectivity index (χ0n) is 21.2. The number of morpholine rings is 1. The van der Waals surface area contributed by atoms with Crippen LogP contribution in [0.25, 0.3) is 21.7 Å². The van der Waals surface area contributed by atoms with E-state index in [2.05, 4.69) is 47.4 Å². The van der Waals surface area contributed by atoms with Crippen molar-refractivity contribution in [3.63, 3.8) is 0 Å². The van der Waals surface area contributed by atoms with E-state index in [0.717, 1.165) is 31.4 Å². The van der Waals surface area contributed by atoms with Gasteiger partial charge >= 0.3 is 0 Å². The van der Waals surface area contributed by atoms with Crippen molar-refractivity contribution in [3.8, 4) is 5.75 Å². The molecule has 6 heteroatoms. The number of hydrogen-bond donors (Lipinski definition) is 0. The first-order valence-corrected chi connectivity index (χ1v) is 13.5. The molecule has 3 heterocycles. The quantitative estimate of drug-likeness (QED) is 0.306. The molecular weight excluding hydrogens is 464 g/mol. The summed E-state index contributed by atoms with van der Waals surface area (Å²) < 4.78 is 17.4. The molecule has 1 aromatic heterocycles. The second-order valence-electron chi connectivity index (χ2n) is 10.1. The van der Waals surface area contributed by atoms with Crippen LogP contribution in [0, 0.1) is 0 Å². The van der Waals surface area contributed by atoms with Gasteiger partial charge in [-0.1, -0.05) is 54.6 Å². The SMILES string of the molecule is O=C(c1cc2cccc(OCCCN3CCC(c4ccc5ccccc5c4)CC3)c2o1)N1CCOCC1. The smallest absolute Gasteiger partial charge is 0.289 e. The van der Waals surface area contributed by atoms with Crippen molar-refractivity contribution in [3.05, 3.63) is 78.1 Å². The van der Waals surface area contributed by atoms with Crippen LogP contribution in [-0.4, -0.2) is 68.3 Å². The molecule has 0 unspecified atom stereocenters. The molecule has 0 aliphatic carbocycles. The van der Waals surface area contributed by atoms with E-state index in [0.29, 0.717) is 55.9 Å². The van der Waals surface area contributed by atoms with Gasteiger partial charge in [-0.25, -0.2) is 0 Å². The third-order valence-electron chi connectivity index (χ3n) is 7.73. The number of carbonyl (C=O) groups excluding carboxylic acids is 1. The average molecular weight is 499 g/mol. The summed E-state index contributed by atoms with van der Waals surface area (Å²) in [7, 11) is 0. The highest BCUT2D eigenvalue weighted by Crippen LogP contribution is 2.31. The largest absolute Gasteiger partial charge is 0.490 e. The molecule has 6 nitrogen and oxygen atoms in total. The molecule has 2 aliphatic rings. The fourth-order valence-corrected chi connectivity index (χ4v) is 5.60. The first-order chi connectivity index (χ1) is 18.2. The van der Waals surface area contributed by atoms with E-state index in [1.807, 2.05) is 24.3 Å². The Balaban J connectivity index is 0.993. The van der Waals surface area contributed by atoms with Crippen LogP contribution in [0.15, 0.2) is 71.1 Å². The van der Waals surface area contributed by atoms with Gasteiger partial charge in [-0.05, 0) is 66.7 Å². The van der Waals surface area contributed by atoms with Gasteiger partial charge in [0.2, 0.25) is 0 Å². The average Bonchev–Trinajstić information content (AvgIpc) is 3.41. The lowest BCUT2D eigenvalue weighted by Gasteiger charge is -2.32. The Morgan fingerprint density at radius 3 is 2.49 bits per heavy atom. The monoisotopic (exact) mass is 498 g/mol. The maximum Gasteiger partial charge on any atom is 0.289 e. The molecule has 6 rings (SSSR count). The molecule has 0 spiro atoms. The standard InChI is InChI=1S/C31H34N2O4/c34-31(33-16-19-35-20-17-33)29-22-27-7-3-8-28(30(27)37-29)36-18-4-13-32-14-11-24(12-15-32)26-10-9-23-5-1-2-6-25(23)21-26/h1-3,5-10,21-22,24H,4,11-20H2. The number of rotatable bonds is 7. The molecule has 0 atom stereocenters. The topological polar surface area (TPSA) is 55.2 Å². The highest BCUT2D eigenvalue weighted by Gasteiger charge is 2.23. The molecule has 2 saturated heterocycles. The number of carbonyl (C=O) groups is 1. The van der Waals surface area contributed by atoms with E-state index in [4.69, 9.17) is 13.9 Å². The minimum absolute atomic E-state index is 0.0856. The molecule has 37 heavy (non-hydrogen) atoms. The van der Waals surface area contributed by atoms with Gasteiger partial charge in [0.05, 0.1) is 19.8 Å². The molecule has 0 N–H and O–H groups in total. The summed E-state index contributed by atoms with van der Waals surface area (Å²) in [5.74, 6) is 1.62. The molecular formula is C31H34N2O4. The van der Waals surface area contributed by atoms with Crippen LogP contribution < -0.4 is 4.74 Å². The minimum Gasteiger partial charge on any atom is -0.490 e. The number of fused-ring (bicyclic) bond motifs is 2. The Labute approximate surface area is 217 Å². The lowest BCUT2D eigenvalue weighted by atomic mass is 9.88. The van der Waals surface area contributed by atoms with Crippen LogP contribution in [0.2, 0.25) is 0 Å². The lowest BCUT2D eigenvalue weighted by Crippen LogP contribution is -2.40. The second-order valence-corrected chi connectivity index (χ2v) is 10.1. The number of piperidine rings is 1. The minimum atomic E-state index is -0.0856. The number of amides is 1. The van der Waals surface area contributed by atoms with Gasteiger partial charge in [0.1, 0.15) is 0 Å². The summed E-state index contributed by atoms with van der Waals surface area (Å²) in [6, 6.07) is 23.2.